The Morgan fingerprint density at radius 2 is 2.12 bits per heavy atom. The van der Waals surface area contributed by atoms with Crippen molar-refractivity contribution in [1.29, 1.82) is 0 Å². The van der Waals surface area contributed by atoms with Gasteiger partial charge in [0.15, 0.2) is 5.78 Å². The topological polar surface area (TPSA) is 17.1 Å². The van der Waals surface area contributed by atoms with Crippen LogP contribution in [0.3, 0.4) is 0 Å². The SMILES string of the molecule is Cc1cc(C(=O)Cc2ccc(Br)s2)ccc1F. The van der Waals surface area contributed by atoms with Gasteiger partial charge in [-0.15, -0.1) is 11.3 Å². The molecule has 0 saturated carbocycles. The number of Topliss-reactive ketones (excluding diaryl/α,β-unsaturated/α-hetero) is 1. The normalized spacial score (nSPS) is 10.5. The van der Waals surface area contributed by atoms with E-state index in [1.165, 1.54) is 23.5 Å². The van der Waals surface area contributed by atoms with Crippen LogP contribution in [-0.2, 0) is 6.42 Å². The molecule has 2 aromatic rings. The summed E-state index contributed by atoms with van der Waals surface area (Å²) in [5.41, 5.74) is 1.07. The first-order chi connectivity index (χ1) is 8.06. The van der Waals surface area contributed by atoms with Crippen molar-refractivity contribution in [1.82, 2.24) is 0 Å². The van der Waals surface area contributed by atoms with Crippen LogP contribution in [0.1, 0.15) is 20.8 Å². The van der Waals surface area contributed by atoms with Gasteiger partial charge in [0.1, 0.15) is 5.82 Å². The largest absolute Gasteiger partial charge is 0.294 e. The molecule has 0 radical (unpaired) electrons. The summed E-state index contributed by atoms with van der Waals surface area (Å²) < 4.78 is 14.1. The molecule has 0 bridgehead atoms. The minimum Gasteiger partial charge on any atom is -0.294 e. The minimum absolute atomic E-state index is 0.0162. The minimum atomic E-state index is -0.277. The monoisotopic (exact) mass is 312 g/mol. The van der Waals surface area contributed by atoms with E-state index in [1.807, 2.05) is 12.1 Å². The number of aryl methyl sites for hydroxylation is 1. The van der Waals surface area contributed by atoms with Gasteiger partial charge in [-0.25, -0.2) is 4.39 Å². The molecule has 1 nitrogen and oxygen atoms in total. The molecule has 88 valence electrons. The number of carbonyl (C=O) groups is 1. The van der Waals surface area contributed by atoms with Gasteiger partial charge in [0, 0.05) is 16.9 Å². The van der Waals surface area contributed by atoms with Gasteiger partial charge in [-0.2, -0.15) is 0 Å². The molecule has 0 atom stereocenters. The maximum Gasteiger partial charge on any atom is 0.168 e. The van der Waals surface area contributed by atoms with Gasteiger partial charge in [-0.3, -0.25) is 4.79 Å². The van der Waals surface area contributed by atoms with E-state index in [9.17, 15) is 9.18 Å². The molecule has 17 heavy (non-hydrogen) atoms. The number of thiophene rings is 1. The summed E-state index contributed by atoms with van der Waals surface area (Å²) in [6.07, 6.45) is 0.362. The maximum atomic E-state index is 13.1. The molecule has 1 aromatic carbocycles. The van der Waals surface area contributed by atoms with Gasteiger partial charge in [0.05, 0.1) is 3.79 Å². The highest BCUT2D eigenvalue weighted by molar-refractivity contribution is 9.11. The van der Waals surface area contributed by atoms with E-state index >= 15 is 0 Å². The fraction of sp³-hybridized carbons (Fsp3) is 0.154. The smallest absolute Gasteiger partial charge is 0.168 e. The lowest BCUT2D eigenvalue weighted by molar-refractivity contribution is 0.0993. The molecule has 0 spiro atoms. The molecule has 0 amide bonds. The zero-order chi connectivity index (χ0) is 12.4. The number of benzene rings is 1. The van der Waals surface area contributed by atoms with Gasteiger partial charge in [-0.05, 0) is 58.7 Å². The van der Waals surface area contributed by atoms with Crippen LogP contribution in [0, 0.1) is 12.7 Å². The average molecular weight is 313 g/mol. The number of carbonyl (C=O) groups excluding carboxylic acids is 1. The molecule has 4 heteroatoms. The summed E-state index contributed by atoms with van der Waals surface area (Å²) in [6, 6.07) is 8.31. The van der Waals surface area contributed by atoms with Crippen LogP contribution in [-0.4, -0.2) is 5.78 Å². The molecule has 0 unspecified atom stereocenters. The molecule has 0 aliphatic rings. The van der Waals surface area contributed by atoms with Crippen LogP contribution in [0.4, 0.5) is 4.39 Å². The molecule has 1 heterocycles. The summed E-state index contributed by atoms with van der Waals surface area (Å²) in [5, 5.41) is 0. The Kier molecular flexibility index (Phi) is 3.74. The first-order valence-electron chi connectivity index (χ1n) is 5.10. The zero-order valence-corrected chi connectivity index (χ0v) is 11.6. The predicted octanol–water partition coefficient (Wildman–Crippen LogP) is 4.38. The van der Waals surface area contributed by atoms with Crippen molar-refractivity contribution in [3.8, 4) is 0 Å². The third-order valence-corrected chi connectivity index (χ3v) is 4.07. The van der Waals surface area contributed by atoms with Crippen molar-refractivity contribution in [3.05, 3.63) is 55.9 Å². The van der Waals surface area contributed by atoms with E-state index in [4.69, 9.17) is 0 Å². The predicted molar refractivity (Wildman–Crippen MR) is 71.2 cm³/mol. The second-order valence-corrected chi connectivity index (χ2v) is 6.32. The maximum absolute atomic E-state index is 13.1. The fourth-order valence-electron chi connectivity index (χ4n) is 1.53. The van der Waals surface area contributed by atoms with Crippen LogP contribution in [0.25, 0.3) is 0 Å². The van der Waals surface area contributed by atoms with E-state index in [2.05, 4.69) is 15.9 Å². The Hall–Kier alpha value is -1.000. The molecule has 1 aromatic heterocycles. The Bertz CT molecular complexity index is 562. The third-order valence-electron chi connectivity index (χ3n) is 2.44. The average Bonchev–Trinajstić information content (AvgIpc) is 2.68. The van der Waals surface area contributed by atoms with Crippen LogP contribution in [0.2, 0.25) is 0 Å². The van der Waals surface area contributed by atoms with Crippen LogP contribution in [0.15, 0.2) is 34.1 Å². The summed E-state index contributed by atoms with van der Waals surface area (Å²) in [5.74, 6) is -0.261. The molecule has 2 rings (SSSR count). The number of rotatable bonds is 3. The first kappa shape index (κ1) is 12.5. The lowest BCUT2D eigenvalue weighted by Gasteiger charge is -2.01. The fourth-order valence-corrected chi connectivity index (χ4v) is 3.01. The zero-order valence-electron chi connectivity index (χ0n) is 9.17. The highest BCUT2D eigenvalue weighted by atomic mass is 79.9. The number of hydrogen-bond acceptors (Lipinski definition) is 2. The molecule has 0 saturated heterocycles. The summed E-state index contributed by atoms with van der Waals surface area (Å²) >= 11 is 4.90. The van der Waals surface area contributed by atoms with Gasteiger partial charge in [0.2, 0.25) is 0 Å². The van der Waals surface area contributed by atoms with Gasteiger partial charge in [-0.1, -0.05) is 0 Å². The lowest BCUT2D eigenvalue weighted by Crippen LogP contribution is -2.03. The van der Waals surface area contributed by atoms with E-state index in [0.717, 1.165) is 8.66 Å². The van der Waals surface area contributed by atoms with Crippen molar-refractivity contribution in [2.24, 2.45) is 0 Å². The van der Waals surface area contributed by atoms with Gasteiger partial charge >= 0.3 is 0 Å². The van der Waals surface area contributed by atoms with Crippen molar-refractivity contribution in [3.63, 3.8) is 0 Å². The summed E-state index contributed by atoms with van der Waals surface area (Å²) in [6.45, 7) is 1.66. The van der Waals surface area contributed by atoms with E-state index in [-0.39, 0.29) is 11.6 Å². The van der Waals surface area contributed by atoms with Crippen LogP contribution < -0.4 is 0 Å². The van der Waals surface area contributed by atoms with Crippen LogP contribution >= 0.6 is 27.3 Å². The second kappa shape index (κ2) is 5.10. The summed E-state index contributed by atoms with van der Waals surface area (Å²) in [4.78, 5) is 13.0. The second-order valence-electron chi connectivity index (χ2n) is 3.77. The lowest BCUT2D eigenvalue weighted by atomic mass is 10.0. The van der Waals surface area contributed by atoms with Crippen molar-refractivity contribution in [2.75, 3.05) is 0 Å². The number of hydrogen-bond donors (Lipinski definition) is 0. The van der Waals surface area contributed by atoms with E-state index in [0.29, 0.717) is 17.5 Å². The van der Waals surface area contributed by atoms with E-state index < -0.39 is 0 Å². The Balaban J connectivity index is 2.17. The number of halogens is 2. The number of ketones is 1. The quantitative estimate of drug-likeness (QED) is 0.768. The van der Waals surface area contributed by atoms with Crippen molar-refractivity contribution >= 4 is 33.0 Å². The highest BCUT2D eigenvalue weighted by Crippen LogP contribution is 2.23. The highest BCUT2D eigenvalue weighted by Gasteiger charge is 2.10. The Labute approximate surface area is 111 Å². The Morgan fingerprint density at radius 1 is 1.35 bits per heavy atom. The van der Waals surface area contributed by atoms with Crippen LogP contribution in [0.5, 0.6) is 0 Å². The summed E-state index contributed by atoms with van der Waals surface area (Å²) in [7, 11) is 0. The Morgan fingerprint density at radius 3 is 2.71 bits per heavy atom. The van der Waals surface area contributed by atoms with Gasteiger partial charge < -0.3 is 0 Å². The molecule has 0 N–H and O–H groups in total. The molecule has 0 aliphatic heterocycles. The molecule has 0 aliphatic carbocycles. The third kappa shape index (κ3) is 3.01. The van der Waals surface area contributed by atoms with Gasteiger partial charge in [0.25, 0.3) is 0 Å². The first-order valence-corrected chi connectivity index (χ1v) is 6.71. The van der Waals surface area contributed by atoms with E-state index in [1.54, 1.807) is 13.0 Å². The molecular formula is C13H10BrFOS. The standard InChI is InChI=1S/C13H10BrFOS/c1-8-6-9(2-4-11(8)15)12(16)7-10-3-5-13(14)17-10/h2-6H,7H2,1H3. The molecule has 0 fully saturated rings. The van der Waals surface area contributed by atoms with Crippen molar-refractivity contribution < 1.29 is 9.18 Å². The molecular weight excluding hydrogens is 303 g/mol. The van der Waals surface area contributed by atoms with Crippen molar-refractivity contribution in [2.45, 2.75) is 13.3 Å².